The van der Waals surface area contributed by atoms with Gasteiger partial charge >= 0.3 is 6.36 Å². The third-order valence-electron chi connectivity index (χ3n) is 5.51. The SMILES string of the molecule is Fc1cc(OC(F)(F)F)ccc1C1=CC2CCCC(C1)N2Cc1ccccc1. The van der Waals surface area contributed by atoms with E-state index in [0.717, 1.165) is 37.4 Å². The first-order chi connectivity index (χ1) is 13.4. The number of piperidine rings is 1. The third kappa shape index (κ3) is 4.22. The van der Waals surface area contributed by atoms with E-state index in [4.69, 9.17) is 0 Å². The molecular formula is C22H21F4NO. The monoisotopic (exact) mass is 391 g/mol. The number of rotatable bonds is 4. The van der Waals surface area contributed by atoms with Gasteiger partial charge in [-0.25, -0.2) is 4.39 Å². The molecule has 0 aromatic heterocycles. The number of hydrogen-bond acceptors (Lipinski definition) is 2. The Labute approximate surface area is 161 Å². The second-order valence-corrected chi connectivity index (χ2v) is 7.40. The van der Waals surface area contributed by atoms with Gasteiger partial charge in [-0.2, -0.15) is 0 Å². The molecule has 2 bridgehead atoms. The van der Waals surface area contributed by atoms with E-state index >= 15 is 0 Å². The molecule has 1 fully saturated rings. The van der Waals surface area contributed by atoms with E-state index in [0.29, 0.717) is 18.0 Å². The molecule has 0 aliphatic carbocycles. The van der Waals surface area contributed by atoms with Crippen molar-refractivity contribution in [1.29, 1.82) is 0 Å². The molecule has 1 saturated heterocycles. The molecule has 2 aliphatic heterocycles. The molecule has 28 heavy (non-hydrogen) atoms. The Bertz CT molecular complexity index is 863. The van der Waals surface area contributed by atoms with Gasteiger partial charge in [-0.3, -0.25) is 4.90 Å². The molecule has 2 unspecified atom stereocenters. The van der Waals surface area contributed by atoms with Gasteiger partial charge in [0.05, 0.1) is 0 Å². The lowest BCUT2D eigenvalue weighted by molar-refractivity contribution is -0.274. The van der Waals surface area contributed by atoms with Crippen LogP contribution in [-0.2, 0) is 6.54 Å². The van der Waals surface area contributed by atoms with Gasteiger partial charge in [-0.05, 0) is 42.5 Å². The lowest BCUT2D eigenvalue weighted by Crippen LogP contribution is -2.47. The zero-order chi connectivity index (χ0) is 19.7. The Balaban J connectivity index is 1.57. The normalized spacial score (nSPS) is 22.6. The van der Waals surface area contributed by atoms with Gasteiger partial charge in [0.1, 0.15) is 11.6 Å². The van der Waals surface area contributed by atoms with Crippen molar-refractivity contribution in [3.8, 4) is 5.75 Å². The van der Waals surface area contributed by atoms with E-state index in [1.165, 1.54) is 17.7 Å². The summed E-state index contributed by atoms with van der Waals surface area (Å²) in [6, 6.07) is 14.2. The lowest BCUT2D eigenvalue weighted by atomic mass is 9.82. The quantitative estimate of drug-likeness (QED) is 0.599. The minimum Gasteiger partial charge on any atom is -0.406 e. The standard InChI is InChI=1S/C22H21F4NO/c23-21-13-19(28-22(24,25)26)9-10-20(21)16-11-17-7-4-8-18(12-16)27(17)14-15-5-2-1-3-6-15/h1-3,5-6,9-11,13,17-18H,4,7-8,12,14H2. The van der Waals surface area contributed by atoms with Crippen molar-refractivity contribution in [2.24, 2.45) is 0 Å². The molecule has 2 nitrogen and oxygen atoms in total. The molecule has 4 rings (SSSR count). The van der Waals surface area contributed by atoms with Crippen LogP contribution in [0.4, 0.5) is 17.6 Å². The fraction of sp³-hybridized carbons (Fsp3) is 0.364. The van der Waals surface area contributed by atoms with E-state index < -0.39 is 17.9 Å². The fourth-order valence-electron chi connectivity index (χ4n) is 4.31. The second kappa shape index (κ2) is 7.59. The average Bonchev–Trinajstić information content (AvgIpc) is 2.61. The Morgan fingerprint density at radius 1 is 1.04 bits per heavy atom. The highest BCUT2D eigenvalue weighted by Crippen LogP contribution is 2.39. The van der Waals surface area contributed by atoms with Crippen LogP contribution in [-0.4, -0.2) is 23.3 Å². The topological polar surface area (TPSA) is 12.5 Å². The van der Waals surface area contributed by atoms with E-state index in [-0.39, 0.29) is 6.04 Å². The van der Waals surface area contributed by atoms with Crippen molar-refractivity contribution in [1.82, 2.24) is 4.90 Å². The van der Waals surface area contributed by atoms with Gasteiger partial charge in [0.25, 0.3) is 0 Å². The predicted molar refractivity (Wildman–Crippen MR) is 99.1 cm³/mol. The van der Waals surface area contributed by atoms with Crippen molar-refractivity contribution in [3.63, 3.8) is 0 Å². The van der Waals surface area contributed by atoms with Crippen LogP contribution >= 0.6 is 0 Å². The molecule has 2 aromatic carbocycles. The highest BCUT2D eigenvalue weighted by atomic mass is 19.4. The maximum Gasteiger partial charge on any atom is 0.573 e. The van der Waals surface area contributed by atoms with E-state index in [1.54, 1.807) is 0 Å². The molecule has 2 aromatic rings. The van der Waals surface area contributed by atoms with Crippen molar-refractivity contribution >= 4 is 5.57 Å². The Hall–Kier alpha value is -2.34. The van der Waals surface area contributed by atoms with E-state index in [1.807, 2.05) is 18.2 Å². The molecule has 0 amide bonds. The molecule has 0 N–H and O–H groups in total. The number of fused-ring (bicyclic) bond motifs is 2. The van der Waals surface area contributed by atoms with E-state index in [2.05, 4.69) is 27.8 Å². The summed E-state index contributed by atoms with van der Waals surface area (Å²) in [7, 11) is 0. The number of alkyl halides is 3. The first-order valence-electron chi connectivity index (χ1n) is 9.45. The van der Waals surface area contributed by atoms with Gasteiger partial charge < -0.3 is 4.74 Å². The Morgan fingerprint density at radius 3 is 2.50 bits per heavy atom. The van der Waals surface area contributed by atoms with Crippen LogP contribution < -0.4 is 4.74 Å². The van der Waals surface area contributed by atoms with Gasteiger partial charge in [0, 0.05) is 30.3 Å². The van der Waals surface area contributed by atoms with Crippen molar-refractivity contribution < 1.29 is 22.3 Å². The Morgan fingerprint density at radius 2 is 1.82 bits per heavy atom. The summed E-state index contributed by atoms with van der Waals surface area (Å²) >= 11 is 0. The van der Waals surface area contributed by atoms with Crippen LogP contribution in [0.1, 0.15) is 36.8 Å². The fourth-order valence-corrected chi connectivity index (χ4v) is 4.31. The number of benzene rings is 2. The largest absolute Gasteiger partial charge is 0.573 e. The number of hydrogen-bond donors (Lipinski definition) is 0. The zero-order valence-corrected chi connectivity index (χ0v) is 15.3. The number of ether oxygens (including phenoxy) is 1. The van der Waals surface area contributed by atoms with Crippen LogP contribution in [0.3, 0.4) is 0 Å². The maximum absolute atomic E-state index is 14.5. The second-order valence-electron chi connectivity index (χ2n) is 7.40. The summed E-state index contributed by atoms with van der Waals surface area (Å²) in [5, 5.41) is 0. The molecular weight excluding hydrogens is 370 g/mol. The van der Waals surface area contributed by atoms with Gasteiger partial charge in [-0.15, -0.1) is 13.2 Å². The summed E-state index contributed by atoms with van der Waals surface area (Å²) < 4.78 is 55.4. The number of nitrogens with zero attached hydrogens (tertiary/aromatic N) is 1. The van der Waals surface area contributed by atoms with Crippen LogP contribution in [0, 0.1) is 5.82 Å². The molecule has 0 spiro atoms. The van der Waals surface area contributed by atoms with Crippen LogP contribution in [0.25, 0.3) is 5.57 Å². The Kier molecular flexibility index (Phi) is 5.15. The first kappa shape index (κ1) is 19.0. The summed E-state index contributed by atoms with van der Waals surface area (Å²) in [6.45, 7) is 0.848. The summed E-state index contributed by atoms with van der Waals surface area (Å²) in [4.78, 5) is 2.46. The predicted octanol–water partition coefficient (Wildman–Crippen LogP) is 5.93. The number of halogens is 4. The highest BCUT2D eigenvalue weighted by molar-refractivity contribution is 5.69. The highest BCUT2D eigenvalue weighted by Gasteiger charge is 2.35. The third-order valence-corrected chi connectivity index (χ3v) is 5.51. The average molecular weight is 391 g/mol. The first-order valence-corrected chi connectivity index (χ1v) is 9.45. The molecule has 0 saturated carbocycles. The molecule has 6 heteroatoms. The minimum atomic E-state index is -4.83. The van der Waals surface area contributed by atoms with Crippen molar-refractivity contribution in [2.75, 3.05) is 0 Å². The van der Waals surface area contributed by atoms with Crippen molar-refractivity contribution in [3.05, 3.63) is 71.6 Å². The maximum atomic E-state index is 14.5. The summed E-state index contributed by atoms with van der Waals surface area (Å²) in [5.74, 6) is -1.21. The van der Waals surface area contributed by atoms with Gasteiger partial charge in [-0.1, -0.05) is 42.8 Å². The van der Waals surface area contributed by atoms with Crippen LogP contribution in [0.2, 0.25) is 0 Å². The summed E-state index contributed by atoms with van der Waals surface area (Å²) in [5.41, 5.74) is 2.48. The smallest absolute Gasteiger partial charge is 0.406 e. The van der Waals surface area contributed by atoms with Crippen LogP contribution in [0.5, 0.6) is 5.75 Å². The molecule has 2 heterocycles. The molecule has 0 radical (unpaired) electrons. The zero-order valence-electron chi connectivity index (χ0n) is 15.3. The minimum absolute atomic E-state index is 0.216. The van der Waals surface area contributed by atoms with Crippen molar-refractivity contribution in [2.45, 2.75) is 50.7 Å². The summed E-state index contributed by atoms with van der Waals surface area (Å²) in [6.07, 6.45) is 1.13. The van der Waals surface area contributed by atoms with Gasteiger partial charge in [0.15, 0.2) is 0 Å². The van der Waals surface area contributed by atoms with E-state index in [9.17, 15) is 17.6 Å². The molecule has 2 atom stereocenters. The van der Waals surface area contributed by atoms with Gasteiger partial charge in [0.2, 0.25) is 0 Å². The van der Waals surface area contributed by atoms with Crippen LogP contribution in [0.15, 0.2) is 54.6 Å². The molecule has 2 aliphatic rings. The lowest BCUT2D eigenvalue weighted by Gasteiger charge is -2.45. The molecule has 148 valence electrons.